The SMILES string of the molecule is C.C=C1C=C2C3CC(O)CCC3(C)CCC2C2(C)CCC3C(C)(C)CCCC3(C)C12.CC. The topological polar surface area (TPSA) is 20.2 Å². The number of aliphatic hydroxyl groups excluding tert-OH is 1. The van der Waals surface area contributed by atoms with Gasteiger partial charge in [-0.25, -0.2) is 0 Å². The van der Waals surface area contributed by atoms with E-state index in [1.165, 1.54) is 56.9 Å². The average Bonchev–Trinajstić information content (AvgIpc) is 2.69. The molecule has 4 saturated carbocycles. The summed E-state index contributed by atoms with van der Waals surface area (Å²) in [5.41, 5.74) is 4.77. The number of aliphatic hydroxyl groups is 1. The summed E-state index contributed by atoms with van der Waals surface area (Å²) in [6.07, 6.45) is 15.3. The van der Waals surface area contributed by atoms with Crippen LogP contribution in [-0.2, 0) is 0 Å². The van der Waals surface area contributed by atoms with Crippen molar-refractivity contribution in [3.05, 3.63) is 23.8 Å². The van der Waals surface area contributed by atoms with E-state index in [-0.39, 0.29) is 13.5 Å². The number of fused-ring (bicyclic) bond motifs is 7. The molecule has 0 aromatic carbocycles. The van der Waals surface area contributed by atoms with Crippen molar-refractivity contribution in [3.63, 3.8) is 0 Å². The molecule has 0 aliphatic heterocycles. The zero-order chi connectivity index (χ0) is 22.8. The van der Waals surface area contributed by atoms with Crippen molar-refractivity contribution < 1.29 is 5.11 Å². The first-order valence-electron chi connectivity index (χ1n) is 13.6. The first-order chi connectivity index (χ1) is 14.5. The Bertz CT molecular complexity index is 746. The second-order valence-corrected chi connectivity index (χ2v) is 13.3. The first-order valence-corrected chi connectivity index (χ1v) is 13.6. The summed E-state index contributed by atoms with van der Waals surface area (Å²) in [6.45, 7) is 21.6. The summed E-state index contributed by atoms with van der Waals surface area (Å²) in [4.78, 5) is 0. The molecule has 1 N–H and O–H groups in total. The van der Waals surface area contributed by atoms with Gasteiger partial charge in [0.15, 0.2) is 0 Å². The largest absolute Gasteiger partial charge is 0.393 e. The summed E-state index contributed by atoms with van der Waals surface area (Å²) in [5.74, 6) is 2.76. The zero-order valence-corrected chi connectivity index (χ0v) is 21.7. The van der Waals surface area contributed by atoms with Crippen LogP contribution in [0.1, 0.15) is 120 Å². The Balaban J connectivity index is 0.000000938. The van der Waals surface area contributed by atoms with Crippen LogP contribution in [0.5, 0.6) is 0 Å². The molecule has 0 saturated heterocycles. The highest BCUT2D eigenvalue weighted by atomic mass is 16.3. The van der Waals surface area contributed by atoms with Gasteiger partial charge in [0, 0.05) is 0 Å². The van der Waals surface area contributed by atoms with Crippen LogP contribution in [0.15, 0.2) is 23.8 Å². The molecule has 32 heavy (non-hydrogen) atoms. The van der Waals surface area contributed by atoms with Crippen LogP contribution in [0.25, 0.3) is 0 Å². The summed E-state index contributed by atoms with van der Waals surface area (Å²) in [5, 5.41) is 10.5. The lowest BCUT2D eigenvalue weighted by molar-refractivity contribution is -0.139. The van der Waals surface area contributed by atoms with Crippen molar-refractivity contribution >= 4 is 0 Å². The molecule has 0 heterocycles. The van der Waals surface area contributed by atoms with E-state index < -0.39 is 0 Å². The molecule has 184 valence electrons. The second kappa shape index (κ2) is 8.58. The Morgan fingerprint density at radius 3 is 2.19 bits per heavy atom. The third-order valence-electron chi connectivity index (χ3n) is 11.3. The summed E-state index contributed by atoms with van der Waals surface area (Å²) < 4.78 is 0. The molecule has 0 aromatic heterocycles. The van der Waals surface area contributed by atoms with E-state index in [1.807, 2.05) is 13.8 Å². The maximum atomic E-state index is 10.5. The monoisotopic (exact) mass is 442 g/mol. The minimum Gasteiger partial charge on any atom is -0.393 e. The zero-order valence-electron chi connectivity index (χ0n) is 21.7. The average molecular weight is 443 g/mol. The first kappa shape index (κ1) is 26.1. The Morgan fingerprint density at radius 1 is 0.844 bits per heavy atom. The van der Waals surface area contributed by atoms with Gasteiger partial charge >= 0.3 is 0 Å². The Hall–Kier alpha value is -0.560. The molecule has 0 spiro atoms. The number of hydrogen-bond acceptors (Lipinski definition) is 1. The molecule has 0 radical (unpaired) electrons. The van der Waals surface area contributed by atoms with E-state index in [0.717, 1.165) is 18.8 Å². The van der Waals surface area contributed by atoms with Gasteiger partial charge in [0.25, 0.3) is 0 Å². The number of rotatable bonds is 0. The van der Waals surface area contributed by atoms with Crippen LogP contribution in [0, 0.1) is 45.3 Å². The normalized spacial score (nSPS) is 48.9. The highest BCUT2D eigenvalue weighted by molar-refractivity contribution is 5.40. The van der Waals surface area contributed by atoms with Gasteiger partial charge in [-0.15, -0.1) is 0 Å². The minimum atomic E-state index is -0.0982. The molecule has 5 aliphatic carbocycles. The minimum absolute atomic E-state index is 0. The van der Waals surface area contributed by atoms with E-state index in [2.05, 4.69) is 40.7 Å². The maximum Gasteiger partial charge on any atom is 0.0546 e. The van der Waals surface area contributed by atoms with Crippen LogP contribution in [0.4, 0.5) is 0 Å². The summed E-state index contributed by atoms with van der Waals surface area (Å²) >= 11 is 0. The molecule has 1 nitrogen and oxygen atoms in total. The van der Waals surface area contributed by atoms with Crippen molar-refractivity contribution in [3.8, 4) is 0 Å². The number of allylic oxidation sites excluding steroid dienone is 3. The standard InChI is InChI=1S/C28H44O.C2H6.CH4/c1-18-16-20-21(9-14-26(4)13-8-19(29)17-22(20)26)27(5)15-10-23-25(2,3)11-7-12-28(23,6)24(18)27;1-2;/h16,19,21-24,29H,1,7-15,17H2,2-6H3;1-2H3;1H4. The van der Waals surface area contributed by atoms with Gasteiger partial charge in [-0.3, -0.25) is 0 Å². The quantitative estimate of drug-likeness (QED) is 0.397. The lowest BCUT2D eigenvalue weighted by atomic mass is 9.37. The molecule has 8 unspecified atom stereocenters. The van der Waals surface area contributed by atoms with E-state index in [9.17, 15) is 5.11 Å². The van der Waals surface area contributed by atoms with Crippen molar-refractivity contribution in [1.82, 2.24) is 0 Å². The molecule has 0 aromatic rings. The predicted octanol–water partition coefficient (Wildman–Crippen LogP) is 8.97. The molecule has 5 aliphatic rings. The van der Waals surface area contributed by atoms with Gasteiger partial charge in [-0.2, -0.15) is 0 Å². The molecular formula is C31H54O. The van der Waals surface area contributed by atoms with E-state index >= 15 is 0 Å². The van der Waals surface area contributed by atoms with Gasteiger partial charge in [0.2, 0.25) is 0 Å². The summed E-state index contributed by atoms with van der Waals surface area (Å²) in [7, 11) is 0. The number of hydrogen-bond donors (Lipinski definition) is 1. The third-order valence-corrected chi connectivity index (χ3v) is 11.3. The lowest BCUT2D eigenvalue weighted by Crippen LogP contribution is -2.60. The van der Waals surface area contributed by atoms with E-state index in [1.54, 1.807) is 5.57 Å². The molecule has 0 amide bonds. The van der Waals surface area contributed by atoms with Crippen LogP contribution in [0.3, 0.4) is 0 Å². The highest BCUT2D eigenvalue weighted by Gasteiger charge is 2.63. The molecule has 5 rings (SSSR count). The fraction of sp³-hybridized carbons (Fsp3) is 0.871. The van der Waals surface area contributed by atoms with Gasteiger partial charge in [0.1, 0.15) is 0 Å². The van der Waals surface area contributed by atoms with Crippen molar-refractivity contribution in [1.29, 1.82) is 0 Å². The van der Waals surface area contributed by atoms with Crippen LogP contribution < -0.4 is 0 Å². The van der Waals surface area contributed by atoms with Crippen molar-refractivity contribution in [2.75, 3.05) is 0 Å². The lowest BCUT2D eigenvalue weighted by Gasteiger charge is -2.67. The highest BCUT2D eigenvalue weighted by Crippen LogP contribution is 2.72. The van der Waals surface area contributed by atoms with Crippen LogP contribution in [0.2, 0.25) is 0 Å². The Morgan fingerprint density at radius 2 is 1.50 bits per heavy atom. The molecule has 4 fully saturated rings. The van der Waals surface area contributed by atoms with Crippen molar-refractivity contribution in [2.45, 2.75) is 126 Å². The second-order valence-electron chi connectivity index (χ2n) is 13.3. The predicted molar refractivity (Wildman–Crippen MR) is 140 cm³/mol. The van der Waals surface area contributed by atoms with Gasteiger partial charge in [0.05, 0.1) is 6.10 Å². The molecule has 8 atom stereocenters. The van der Waals surface area contributed by atoms with Gasteiger partial charge < -0.3 is 5.11 Å². The van der Waals surface area contributed by atoms with Gasteiger partial charge in [-0.1, -0.05) is 86.1 Å². The Kier molecular flexibility index (Phi) is 6.99. The maximum absolute atomic E-state index is 10.5. The van der Waals surface area contributed by atoms with Crippen LogP contribution >= 0.6 is 0 Å². The van der Waals surface area contributed by atoms with Crippen LogP contribution in [-0.4, -0.2) is 11.2 Å². The fourth-order valence-electron chi connectivity index (χ4n) is 10.1. The molecular weight excluding hydrogens is 388 g/mol. The smallest absolute Gasteiger partial charge is 0.0546 e. The fourth-order valence-corrected chi connectivity index (χ4v) is 10.1. The van der Waals surface area contributed by atoms with E-state index in [0.29, 0.717) is 39.4 Å². The van der Waals surface area contributed by atoms with Gasteiger partial charge in [-0.05, 0) is 103 Å². The van der Waals surface area contributed by atoms with E-state index in [4.69, 9.17) is 6.58 Å². The molecule has 1 heteroatoms. The molecule has 0 bridgehead atoms. The third kappa shape index (κ3) is 3.59. The van der Waals surface area contributed by atoms with Crippen molar-refractivity contribution in [2.24, 2.45) is 45.3 Å². The Labute approximate surface area is 200 Å². The summed E-state index contributed by atoms with van der Waals surface area (Å²) in [6, 6.07) is 0.